The van der Waals surface area contributed by atoms with Gasteiger partial charge in [0.1, 0.15) is 34.6 Å². The number of halogens is 11. The monoisotopic (exact) mass is 708 g/mol. The first-order chi connectivity index (χ1) is 23.6. The van der Waals surface area contributed by atoms with Crippen LogP contribution in [0.2, 0.25) is 0 Å². The van der Waals surface area contributed by atoms with Gasteiger partial charge in [-0.15, -0.1) is 13.2 Å². The van der Waals surface area contributed by atoms with Crippen molar-refractivity contribution in [3.05, 3.63) is 143 Å². The highest BCUT2D eigenvalue weighted by molar-refractivity contribution is 5.72. The van der Waals surface area contributed by atoms with Crippen LogP contribution in [0, 0.1) is 34.9 Å². The summed E-state index contributed by atoms with van der Waals surface area (Å²) in [5.41, 5.74) is -1.63. The summed E-state index contributed by atoms with van der Waals surface area (Å²) >= 11 is 0. The van der Waals surface area contributed by atoms with Gasteiger partial charge in [0.15, 0.2) is 11.6 Å². The molecule has 0 aliphatic carbocycles. The van der Waals surface area contributed by atoms with Crippen LogP contribution >= 0.6 is 0 Å². The molecule has 0 bridgehead atoms. The van der Waals surface area contributed by atoms with E-state index < -0.39 is 81.1 Å². The smallest absolute Gasteiger partial charge is 0.429 e. The van der Waals surface area contributed by atoms with Crippen molar-refractivity contribution in [2.45, 2.75) is 32.2 Å². The molecule has 0 spiro atoms. The average Bonchev–Trinajstić information content (AvgIpc) is 3.02. The van der Waals surface area contributed by atoms with Crippen LogP contribution in [-0.2, 0) is 12.5 Å². The first-order valence-electron chi connectivity index (χ1n) is 14.7. The zero-order valence-electron chi connectivity index (χ0n) is 25.6. The van der Waals surface area contributed by atoms with Gasteiger partial charge in [-0.1, -0.05) is 48.6 Å². The maximum atomic E-state index is 15.2. The summed E-state index contributed by atoms with van der Waals surface area (Å²) in [6, 6.07) is 14.5. The van der Waals surface area contributed by atoms with E-state index in [9.17, 15) is 26.3 Å². The van der Waals surface area contributed by atoms with E-state index in [1.807, 2.05) is 31.2 Å². The molecule has 50 heavy (non-hydrogen) atoms. The van der Waals surface area contributed by atoms with Crippen LogP contribution in [0.15, 0.2) is 97.1 Å². The van der Waals surface area contributed by atoms with E-state index in [1.54, 1.807) is 12.1 Å². The Labute approximate surface area is 278 Å². The third-order valence-electron chi connectivity index (χ3n) is 7.45. The van der Waals surface area contributed by atoms with Crippen LogP contribution in [0.3, 0.4) is 0 Å². The fourth-order valence-corrected chi connectivity index (χ4v) is 5.14. The standard InChI is InChI=1S/C37H23F11O2/c1-2-3-4-5-20-6-8-21(9-7-20)22-10-12-26(28(38)14-22)23-15-30(40)34(31(41)16-23)36(44,45)49-25-11-13-27(29(39)19-25)24-17-32(42)35(33(43)18-24)50-37(46,47)48/h2-3,6-19H,4-5H2,1H3/b3-2+. The van der Waals surface area contributed by atoms with Gasteiger partial charge in [0.2, 0.25) is 5.75 Å². The molecule has 0 radical (unpaired) electrons. The van der Waals surface area contributed by atoms with Crippen molar-refractivity contribution < 1.29 is 57.8 Å². The van der Waals surface area contributed by atoms with Gasteiger partial charge in [-0.05, 0) is 90.0 Å². The van der Waals surface area contributed by atoms with Crippen LogP contribution < -0.4 is 9.47 Å². The van der Waals surface area contributed by atoms with Crippen molar-refractivity contribution in [3.63, 3.8) is 0 Å². The van der Waals surface area contributed by atoms with E-state index in [0.29, 0.717) is 53.6 Å². The van der Waals surface area contributed by atoms with Crippen molar-refractivity contribution in [2.24, 2.45) is 0 Å². The van der Waals surface area contributed by atoms with Crippen LogP contribution in [0.5, 0.6) is 11.5 Å². The molecule has 0 atom stereocenters. The zero-order valence-corrected chi connectivity index (χ0v) is 25.6. The highest BCUT2D eigenvalue weighted by atomic mass is 19.4. The summed E-state index contributed by atoms with van der Waals surface area (Å²) in [6.07, 6.45) is -4.54. The summed E-state index contributed by atoms with van der Waals surface area (Å²) < 4.78 is 163. The van der Waals surface area contributed by atoms with Crippen molar-refractivity contribution in [1.82, 2.24) is 0 Å². The largest absolute Gasteiger partial charge is 0.573 e. The number of allylic oxidation sites excluding steroid dienone is 2. The van der Waals surface area contributed by atoms with Gasteiger partial charge >= 0.3 is 12.5 Å². The minimum absolute atomic E-state index is 0.283. The molecule has 0 heterocycles. The van der Waals surface area contributed by atoms with Crippen molar-refractivity contribution in [3.8, 4) is 44.9 Å². The molecular weight excluding hydrogens is 685 g/mol. The molecule has 0 aliphatic rings. The van der Waals surface area contributed by atoms with Crippen LogP contribution in [0.1, 0.15) is 24.5 Å². The lowest BCUT2D eigenvalue weighted by Crippen LogP contribution is -2.25. The van der Waals surface area contributed by atoms with Crippen LogP contribution in [0.4, 0.5) is 48.3 Å². The normalized spacial score (nSPS) is 12.1. The fourth-order valence-electron chi connectivity index (χ4n) is 5.14. The van der Waals surface area contributed by atoms with Gasteiger partial charge in [0, 0.05) is 17.2 Å². The molecule has 260 valence electrons. The van der Waals surface area contributed by atoms with E-state index in [1.165, 1.54) is 12.1 Å². The fraction of sp³-hybridized carbons (Fsp3) is 0.135. The molecule has 2 nitrogen and oxygen atoms in total. The quantitative estimate of drug-likeness (QED) is 0.106. The lowest BCUT2D eigenvalue weighted by atomic mass is 9.97. The molecule has 13 heteroatoms. The van der Waals surface area contributed by atoms with Gasteiger partial charge in [0.25, 0.3) is 0 Å². The number of alkyl halides is 5. The maximum Gasteiger partial charge on any atom is 0.573 e. The van der Waals surface area contributed by atoms with Gasteiger partial charge in [-0.3, -0.25) is 0 Å². The van der Waals surface area contributed by atoms with E-state index in [2.05, 4.69) is 9.47 Å². The second kappa shape index (κ2) is 14.3. The molecule has 0 saturated heterocycles. The molecule has 0 aromatic heterocycles. The molecule has 0 fully saturated rings. The minimum atomic E-state index is -5.43. The molecule has 0 unspecified atom stereocenters. The first kappa shape index (κ1) is 36.0. The number of hydrogen-bond acceptors (Lipinski definition) is 2. The van der Waals surface area contributed by atoms with Gasteiger partial charge in [-0.2, -0.15) is 8.78 Å². The first-order valence-corrected chi connectivity index (χ1v) is 14.7. The summed E-state index contributed by atoms with van der Waals surface area (Å²) in [4.78, 5) is 0. The van der Waals surface area contributed by atoms with Gasteiger partial charge in [0.05, 0.1) is 0 Å². The predicted molar refractivity (Wildman–Crippen MR) is 163 cm³/mol. The Bertz CT molecular complexity index is 2010. The lowest BCUT2D eigenvalue weighted by Gasteiger charge is -2.20. The Kier molecular flexibility index (Phi) is 10.3. The number of benzene rings is 5. The summed E-state index contributed by atoms with van der Waals surface area (Å²) in [5, 5.41) is 0. The van der Waals surface area contributed by atoms with E-state index in [0.717, 1.165) is 24.5 Å². The lowest BCUT2D eigenvalue weighted by molar-refractivity contribution is -0.276. The molecule has 5 aromatic rings. The van der Waals surface area contributed by atoms with Gasteiger partial charge < -0.3 is 9.47 Å². The number of hydrogen-bond donors (Lipinski definition) is 0. The molecule has 5 aromatic carbocycles. The van der Waals surface area contributed by atoms with Crippen molar-refractivity contribution in [2.75, 3.05) is 0 Å². The third-order valence-corrected chi connectivity index (χ3v) is 7.45. The molecule has 0 N–H and O–H groups in total. The van der Waals surface area contributed by atoms with Crippen LogP contribution in [-0.4, -0.2) is 6.36 Å². The van der Waals surface area contributed by atoms with Crippen molar-refractivity contribution >= 4 is 0 Å². The zero-order chi connectivity index (χ0) is 36.4. The average molecular weight is 709 g/mol. The van der Waals surface area contributed by atoms with Crippen molar-refractivity contribution in [1.29, 1.82) is 0 Å². The second-order valence-electron chi connectivity index (χ2n) is 10.9. The minimum Gasteiger partial charge on any atom is -0.429 e. The van der Waals surface area contributed by atoms with Gasteiger partial charge in [-0.25, -0.2) is 26.3 Å². The van der Waals surface area contributed by atoms with E-state index in [-0.39, 0.29) is 5.56 Å². The maximum absolute atomic E-state index is 15.2. The molecule has 0 aliphatic heterocycles. The molecule has 0 amide bonds. The highest BCUT2D eigenvalue weighted by Gasteiger charge is 2.41. The van der Waals surface area contributed by atoms with Crippen LogP contribution in [0.25, 0.3) is 33.4 Å². The molecular formula is C37H23F11O2. The molecule has 5 rings (SSSR count). The Morgan fingerprint density at radius 1 is 0.540 bits per heavy atom. The van der Waals surface area contributed by atoms with E-state index >= 15 is 22.0 Å². The van der Waals surface area contributed by atoms with E-state index in [4.69, 9.17) is 0 Å². The Morgan fingerprint density at radius 2 is 1.04 bits per heavy atom. The predicted octanol–water partition coefficient (Wildman–Crippen LogP) is 12.1. The second-order valence-corrected chi connectivity index (χ2v) is 10.9. The summed E-state index contributed by atoms with van der Waals surface area (Å²) in [5.74, 6) is -12.4. The number of rotatable bonds is 10. The summed E-state index contributed by atoms with van der Waals surface area (Å²) in [7, 11) is 0. The SMILES string of the molecule is C/C=C/CCc1ccc(-c2ccc(-c3cc(F)c(C(F)(F)Oc4ccc(-c5cc(F)c(OC(F)(F)F)c(F)c5)c(F)c4)c(F)c3)c(F)c2)cc1. The summed E-state index contributed by atoms with van der Waals surface area (Å²) in [6.45, 7) is 1.92. The number of aryl methyl sites for hydroxylation is 1. The Morgan fingerprint density at radius 3 is 1.56 bits per heavy atom. The Balaban J connectivity index is 1.35. The number of ether oxygens (including phenoxy) is 2. The topological polar surface area (TPSA) is 18.5 Å². The molecule has 0 saturated carbocycles. The Hall–Kier alpha value is -5.33. The third kappa shape index (κ3) is 8.10. The highest BCUT2D eigenvalue weighted by Crippen LogP contribution is 2.40.